The van der Waals surface area contributed by atoms with Crippen LogP contribution in [0.5, 0.6) is 0 Å². The predicted octanol–water partition coefficient (Wildman–Crippen LogP) is 1.45. The average Bonchev–Trinajstić information content (AvgIpc) is 2.89. The molecule has 0 aromatic rings. The lowest BCUT2D eigenvalue weighted by molar-refractivity contribution is -0.131. The zero-order chi connectivity index (χ0) is 13.5. The van der Waals surface area contributed by atoms with Gasteiger partial charge in [0, 0.05) is 38.1 Å². The molecule has 0 aliphatic carbocycles. The van der Waals surface area contributed by atoms with Gasteiger partial charge in [0.1, 0.15) is 0 Å². The minimum absolute atomic E-state index is 0.180. The van der Waals surface area contributed by atoms with Crippen molar-refractivity contribution in [2.24, 2.45) is 5.73 Å². The highest BCUT2D eigenvalue weighted by molar-refractivity contribution is 5.77. The van der Waals surface area contributed by atoms with Gasteiger partial charge < -0.3 is 10.6 Å². The lowest BCUT2D eigenvalue weighted by atomic mass is 10.1. The molecule has 18 heavy (non-hydrogen) atoms. The highest BCUT2D eigenvalue weighted by atomic mass is 16.2. The zero-order valence-corrected chi connectivity index (χ0v) is 12.2. The molecule has 1 fully saturated rings. The van der Waals surface area contributed by atoms with E-state index in [9.17, 15) is 4.79 Å². The maximum atomic E-state index is 12.1. The monoisotopic (exact) mass is 255 g/mol. The van der Waals surface area contributed by atoms with Crippen LogP contribution in [0.3, 0.4) is 0 Å². The third kappa shape index (κ3) is 4.25. The summed E-state index contributed by atoms with van der Waals surface area (Å²) in [6.07, 6.45) is 5.21. The van der Waals surface area contributed by atoms with Crippen molar-refractivity contribution in [2.75, 3.05) is 26.7 Å². The Balaban J connectivity index is 2.46. The minimum atomic E-state index is 0.180. The fraction of sp³-hybridized carbons (Fsp3) is 0.929. The molecule has 0 saturated carbocycles. The third-order valence-electron chi connectivity index (χ3n) is 4.12. The topological polar surface area (TPSA) is 49.6 Å². The minimum Gasteiger partial charge on any atom is -0.343 e. The SMILES string of the molecule is CCCC(C)N(C)C(CN)CC(=O)N1CCCC1. The Kier molecular flexibility index (Phi) is 6.65. The molecule has 4 heteroatoms. The van der Waals surface area contributed by atoms with E-state index in [1.54, 1.807) is 0 Å². The van der Waals surface area contributed by atoms with Gasteiger partial charge in [-0.1, -0.05) is 13.3 Å². The van der Waals surface area contributed by atoms with Gasteiger partial charge in [-0.3, -0.25) is 9.69 Å². The summed E-state index contributed by atoms with van der Waals surface area (Å²) in [7, 11) is 2.09. The Bertz CT molecular complexity index is 251. The van der Waals surface area contributed by atoms with E-state index < -0.39 is 0 Å². The van der Waals surface area contributed by atoms with Crippen LogP contribution in [0.1, 0.15) is 46.0 Å². The van der Waals surface area contributed by atoms with E-state index in [0.29, 0.717) is 19.0 Å². The molecule has 0 spiro atoms. The van der Waals surface area contributed by atoms with Crippen LogP contribution in [-0.2, 0) is 4.79 Å². The van der Waals surface area contributed by atoms with E-state index in [1.807, 2.05) is 4.90 Å². The first-order chi connectivity index (χ1) is 8.60. The van der Waals surface area contributed by atoms with Gasteiger partial charge in [-0.25, -0.2) is 0 Å². The van der Waals surface area contributed by atoms with Gasteiger partial charge in [0.2, 0.25) is 5.91 Å². The molecule has 2 atom stereocenters. The smallest absolute Gasteiger partial charge is 0.224 e. The highest BCUT2D eigenvalue weighted by Gasteiger charge is 2.25. The van der Waals surface area contributed by atoms with Gasteiger partial charge >= 0.3 is 0 Å². The number of amides is 1. The number of carbonyl (C=O) groups excluding carboxylic acids is 1. The largest absolute Gasteiger partial charge is 0.343 e. The molecule has 2 N–H and O–H groups in total. The molecule has 1 amide bonds. The molecule has 1 aliphatic rings. The zero-order valence-electron chi connectivity index (χ0n) is 12.2. The molecule has 0 aromatic heterocycles. The Morgan fingerprint density at radius 2 is 2.00 bits per heavy atom. The number of nitrogens with zero attached hydrogens (tertiary/aromatic N) is 2. The molecule has 1 heterocycles. The molecule has 1 aliphatic heterocycles. The van der Waals surface area contributed by atoms with Crippen LogP contribution in [-0.4, -0.2) is 54.5 Å². The van der Waals surface area contributed by atoms with Gasteiger partial charge in [-0.15, -0.1) is 0 Å². The molecule has 1 rings (SSSR count). The van der Waals surface area contributed by atoms with Crippen molar-refractivity contribution in [2.45, 2.75) is 58.0 Å². The van der Waals surface area contributed by atoms with Crippen LogP contribution in [0, 0.1) is 0 Å². The number of rotatable bonds is 7. The second-order valence-electron chi connectivity index (χ2n) is 5.48. The standard InChI is InChI=1S/C14H29N3O/c1-4-7-12(2)16(3)13(11-15)10-14(18)17-8-5-6-9-17/h12-13H,4-11,15H2,1-3H3. The first kappa shape index (κ1) is 15.4. The summed E-state index contributed by atoms with van der Waals surface area (Å²) < 4.78 is 0. The second-order valence-corrected chi connectivity index (χ2v) is 5.48. The van der Waals surface area contributed by atoms with E-state index in [1.165, 1.54) is 6.42 Å². The van der Waals surface area contributed by atoms with Gasteiger partial charge in [-0.05, 0) is 33.2 Å². The maximum Gasteiger partial charge on any atom is 0.224 e. The molecule has 0 bridgehead atoms. The maximum absolute atomic E-state index is 12.1. The molecular formula is C14H29N3O. The summed E-state index contributed by atoms with van der Waals surface area (Å²) in [5, 5.41) is 0. The van der Waals surface area contributed by atoms with Crippen LogP contribution in [0.2, 0.25) is 0 Å². The summed E-state index contributed by atoms with van der Waals surface area (Å²) in [5.41, 5.74) is 5.84. The molecule has 106 valence electrons. The fourth-order valence-electron chi connectivity index (χ4n) is 2.67. The number of likely N-dealkylation sites (tertiary alicyclic amines) is 1. The Morgan fingerprint density at radius 1 is 1.39 bits per heavy atom. The normalized spacial score (nSPS) is 19.3. The molecule has 4 nitrogen and oxygen atoms in total. The van der Waals surface area contributed by atoms with E-state index >= 15 is 0 Å². The first-order valence-corrected chi connectivity index (χ1v) is 7.29. The molecule has 0 aromatic carbocycles. The van der Waals surface area contributed by atoms with Gasteiger partial charge in [-0.2, -0.15) is 0 Å². The summed E-state index contributed by atoms with van der Waals surface area (Å²) in [5.74, 6) is 0.276. The summed E-state index contributed by atoms with van der Waals surface area (Å²) >= 11 is 0. The van der Waals surface area contributed by atoms with Crippen molar-refractivity contribution < 1.29 is 4.79 Å². The van der Waals surface area contributed by atoms with Crippen molar-refractivity contribution in [3.63, 3.8) is 0 Å². The number of hydrogen-bond acceptors (Lipinski definition) is 3. The van der Waals surface area contributed by atoms with Crippen LogP contribution in [0.4, 0.5) is 0 Å². The first-order valence-electron chi connectivity index (χ1n) is 7.29. The van der Waals surface area contributed by atoms with Crippen molar-refractivity contribution in [3.05, 3.63) is 0 Å². The number of hydrogen-bond donors (Lipinski definition) is 1. The number of nitrogens with two attached hydrogens (primary N) is 1. The Morgan fingerprint density at radius 3 is 2.50 bits per heavy atom. The van der Waals surface area contributed by atoms with Crippen LogP contribution < -0.4 is 5.73 Å². The number of likely N-dealkylation sites (N-methyl/N-ethyl adjacent to an activating group) is 1. The lowest BCUT2D eigenvalue weighted by Gasteiger charge is -2.33. The molecular weight excluding hydrogens is 226 g/mol. The quantitative estimate of drug-likeness (QED) is 0.749. The Hall–Kier alpha value is -0.610. The van der Waals surface area contributed by atoms with E-state index in [0.717, 1.165) is 32.4 Å². The van der Waals surface area contributed by atoms with Crippen LogP contribution in [0.25, 0.3) is 0 Å². The summed E-state index contributed by atoms with van der Waals surface area (Å²) in [4.78, 5) is 16.4. The van der Waals surface area contributed by atoms with Crippen LogP contribution >= 0.6 is 0 Å². The Labute approximate surface area is 111 Å². The number of carbonyl (C=O) groups is 1. The fourth-order valence-corrected chi connectivity index (χ4v) is 2.67. The third-order valence-corrected chi connectivity index (χ3v) is 4.12. The highest BCUT2D eigenvalue weighted by Crippen LogP contribution is 2.14. The second kappa shape index (κ2) is 7.74. The van der Waals surface area contributed by atoms with Gasteiger partial charge in [0.15, 0.2) is 0 Å². The molecule has 0 radical (unpaired) electrons. The van der Waals surface area contributed by atoms with Crippen molar-refractivity contribution in [1.82, 2.24) is 9.80 Å². The van der Waals surface area contributed by atoms with Crippen molar-refractivity contribution in [3.8, 4) is 0 Å². The van der Waals surface area contributed by atoms with E-state index in [-0.39, 0.29) is 11.9 Å². The van der Waals surface area contributed by atoms with Crippen molar-refractivity contribution >= 4 is 5.91 Å². The average molecular weight is 255 g/mol. The van der Waals surface area contributed by atoms with Gasteiger partial charge in [0.05, 0.1) is 0 Å². The van der Waals surface area contributed by atoms with Crippen molar-refractivity contribution in [1.29, 1.82) is 0 Å². The lowest BCUT2D eigenvalue weighted by Crippen LogP contribution is -2.46. The molecule has 2 unspecified atom stereocenters. The predicted molar refractivity (Wildman–Crippen MR) is 75.4 cm³/mol. The van der Waals surface area contributed by atoms with Crippen LogP contribution in [0.15, 0.2) is 0 Å². The van der Waals surface area contributed by atoms with E-state index in [2.05, 4.69) is 25.8 Å². The summed E-state index contributed by atoms with van der Waals surface area (Å²) in [6.45, 7) is 6.84. The molecule has 1 saturated heterocycles. The van der Waals surface area contributed by atoms with Gasteiger partial charge in [0.25, 0.3) is 0 Å². The summed E-state index contributed by atoms with van der Waals surface area (Å²) in [6, 6.07) is 0.676. The van der Waals surface area contributed by atoms with E-state index in [4.69, 9.17) is 5.73 Å².